The minimum absolute atomic E-state index is 0.0411. The van der Waals surface area contributed by atoms with Gasteiger partial charge in [-0.2, -0.15) is 0 Å². The van der Waals surface area contributed by atoms with Gasteiger partial charge >= 0.3 is 11.4 Å². The maximum Gasteiger partial charge on any atom is 0.419 e. The van der Waals surface area contributed by atoms with E-state index in [1.54, 1.807) is 31.2 Å². The first kappa shape index (κ1) is 16.8. The molecule has 3 rings (SSSR count). The van der Waals surface area contributed by atoms with E-state index in [1.807, 2.05) is 0 Å². The quantitative estimate of drug-likeness (QED) is 0.713. The number of nitrogens with one attached hydrogen (secondary N) is 2. The standard InChI is InChI=1S/C16H14N2O6S/c1-2-23-14-6-4-3-5-13(14)18-25(21,22)10-7-8-12-11(9-10)15(19)24-16(20)17-12/h3-9,18H,2H2,1H3,(H,17,20). The fraction of sp³-hybridized carbons (Fsp3) is 0.125. The number of anilines is 1. The van der Waals surface area contributed by atoms with Gasteiger partial charge in [0, 0.05) is 0 Å². The van der Waals surface area contributed by atoms with E-state index in [1.165, 1.54) is 12.1 Å². The van der Waals surface area contributed by atoms with Crippen LogP contribution in [-0.4, -0.2) is 20.0 Å². The summed E-state index contributed by atoms with van der Waals surface area (Å²) in [6.07, 6.45) is 0. The molecule has 0 saturated carbocycles. The normalized spacial score (nSPS) is 11.4. The maximum absolute atomic E-state index is 12.6. The molecule has 3 aromatic rings. The average molecular weight is 362 g/mol. The predicted molar refractivity (Wildman–Crippen MR) is 91.5 cm³/mol. The summed E-state index contributed by atoms with van der Waals surface area (Å²) in [6, 6.07) is 10.3. The molecule has 25 heavy (non-hydrogen) atoms. The molecule has 8 nitrogen and oxygen atoms in total. The van der Waals surface area contributed by atoms with Crippen molar-refractivity contribution in [1.29, 1.82) is 0 Å². The Bertz CT molecular complexity index is 1150. The number of sulfonamides is 1. The lowest BCUT2D eigenvalue weighted by Crippen LogP contribution is -2.17. The monoisotopic (exact) mass is 362 g/mol. The number of para-hydroxylation sites is 2. The van der Waals surface area contributed by atoms with Gasteiger partial charge in [-0.05, 0) is 37.3 Å². The Balaban J connectivity index is 2.05. The second kappa shape index (κ2) is 6.44. The number of fused-ring (bicyclic) bond motifs is 1. The van der Waals surface area contributed by atoms with Crippen LogP contribution in [-0.2, 0) is 10.0 Å². The molecule has 0 aliphatic rings. The zero-order valence-electron chi connectivity index (χ0n) is 13.1. The molecule has 0 fully saturated rings. The van der Waals surface area contributed by atoms with E-state index >= 15 is 0 Å². The van der Waals surface area contributed by atoms with Crippen molar-refractivity contribution in [3.05, 3.63) is 63.4 Å². The SMILES string of the molecule is CCOc1ccccc1NS(=O)(=O)c1ccc2[nH]c(=O)oc(=O)c2c1. The molecule has 0 unspecified atom stereocenters. The van der Waals surface area contributed by atoms with Gasteiger partial charge in [0.1, 0.15) is 5.75 Å². The smallest absolute Gasteiger partial charge is 0.419 e. The van der Waals surface area contributed by atoms with Crippen molar-refractivity contribution in [2.75, 3.05) is 11.3 Å². The molecule has 2 aromatic carbocycles. The Morgan fingerprint density at radius 1 is 1.16 bits per heavy atom. The number of benzene rings is 2. The third kappa shape index (κ3) is 3.41. The summed E-state index contributed by atoms with van der Waals surface area (Å²) >= 11 is 0. The molecular weight excluding hydrogens is 348 g/mol. The highest BCUT2D eigenvalue weighted by Gasteiger charge is 2.18. The molecule has 0 spiro atoms. The highest BCUT2D eigenvalue weighted by Crippen LogP contribution is 2.27. The van der Waals surface area contributed by atoms with Crippen molar-refractivity contribution in [3.8, 4) is 5.75 Å². The molecule has 0 saturated heterocycles. The van der Waals surface area contributed by atoms with Gasteiger partial charge in [0.2, 0.25) is 0 Å². The van der Waals surface area contributed by atoms with Crippen LogP contribution < -0.4 is 20.8 Å². The number of rotatable bonds is 5. The molecule has 0 aliphatic carbocycles. The highest BCUT2D eigenvalue weighted by atomic mass is 32.2. The molecule has 1 aromatic heterocycles. The molecule has 0 amide bonds. The Kier molecular flexibility index (Phi) is 4.32. The Labute approximate surface area is 142 Å². The van der Waals surface area contributed by atoms with Crippen molar-refractivity contribution in [3.63, 3.8) is 0 Å². The second-order valence-electron chi connectivity index (χ2n) is 5.04. The second-order valence-corrected chi connectivity index (χ2v) is 6.73. The van der Waals surface area contributed by atoms with Crippen molar-refractivity contribution >= 4 is 26.6 Å². The molecule has 0 bridgehead atoms. The fourth-order valence-corrected chi connectivity index (χ4v) is 3.38. The Morgan fingerprint density at radius 3 is 2.68 bits per heavy atom. The fourth-order valence-electron chi connectivity index (χ4n) is 2.28. The van der Waals surface area contributed by atoms with Crippen molar-refractivity contribution in [2.45, 2.75) is 11.8 Å². The van der Waals surface area contributed by atoms with Crippen LogP contribution >= 0.6 is 0 Å². The number of H-pyrrole nitrogens is 1. The average Bonchev–Trinajstić information content (AvgIpc) is 2.56. The molecule has 130 valence electrons. The van der Waals surface area contributed by atoms with Gasteiger partial charge < -0.3 is 9.15 Å². The summed E-state index contributed by atoms with van der Waals surface area (Å²) in [5.74, 6) is -0.518. The van der Waals surface area contributed by atoms with E-state index in [0.717, 1.165) is 6.07 Å². The van der Waals surface area contributed by atoms with Crippen molar-refractivity contribution < 1.29 is 17.6 Å². The minimum Gasteiger partial charge on any atom is -0.492 e. The number of aromatic nitrogens is 1. The lowest BCUT2D eigenvalue weighted by atomic mass is 10.2. The van der Waals surface area contributed by atoms with Crippen LogP contribution in [0.3, 0.4) is 0 Å². The van der Waals surface area contributed by atoms with Crippen molar-refractivity contribution in [1.82, 2.24) is 4.98 Å². The van der Waals surface area contributed by atoms with E-state index < -0.39 is 21.4 Å². The van der Waals surface area contributed by atoms with Gasteiger partial charge in [-0.1, -0.05) is 12.1 Å². The van der Waals surface area contributed by atoms with Gasteiger partial charge in [-0.25, -0.2) is 18.0 Å². The van der Waals surface area contributed by atoms with Crippen LogP contribution in [0.5, 0.6) is 5.75 Å². The maximum atomic E-state index is 12.6. The minimum atomic E-state index is -3.98. The highest BCUT2D eigenvalue weighted by molar-refractivity contribution is 7.92. The molecular formula is C16H14N2O6S. The zero-order valence-corrected chi connectivity index (χ0v) is 13.9. The van der Waals surface area contributed by atoms with Gasteiger partial charge in [-0.3, -0.25) is 9.71 Å². The summed E-state index contributed by atoms with van der Waals surface area (Å²) in [4.78, 5) is 25.1. The van der Waals surface area contributed by atoms with Gasteiger partial charge in [0.05, 0.1) is 28.1 Å². The van der Waals surface area contributed by atoms with Gasteiger partial charge in [0.15, 0.2) is 0 Å². The summed E-state index contributed by atoms with van der Waals surface area (Å²) < 4.78 is 37.5. The Morgan fingerprint density at radius 2 is 1.92 bits per heavy atom. The lowest BCUT2D eigenvalue weighted by Gasteiger charge is -2.12. The number of hydrogen-bond acceptors (Lipinski definition) is 6. The number of hydrogen-bond donors (Lipinski definition) is 2. The topological polar surface area (TPSA) is 118 Å². The van der Waals surface area contributed by atoms with E-state index in [0.29, 0.717) is 12.4 Å². The molecule has 1 heterocycles. The summed E-state index contributed by atoms with van der Waals surface area (Å²) in [5, 5.41) is -0.0411. The summed E-state index contributed by atoms with van der Waals surface area (Å²) in [5.41, 5.74) is -0.446. The number of aromatic amines is 1. The largest absolute Gasteiger partial charge is 0.492 e. The van der Waals surface area contributed by atoms with E-state index in [2.05, 4.69) is 14.1 Å². The Hall–Kier alpha value is -3.07. The molecule has 9 heteroatoms. The van der Waals surface area contributed by atoms with Crippen LogP contribution in [0.4, 0.5) is 5.69 Å². The van der Waals surface area contributed by atoms with Gasteiger partial charge in [-0.15, -0.1) is 0 Å². The van der Waals surface area contributed by atoms with E-state index in [9.17, 15) is 18.0 Å². The van der Waals surface area contributed by atoms with Gasteiger partial charge in [0.25, 0.3) is 10.0 Å². The molecule has 2 N–H and O–H groups in total. The first-order valence-corrected chi connectivity index (χ1v) is 8.81. The van der Waals surface area contributed by atoms with Crippen LogP contribution in [0.2, 0.25) is 0 Å². The number of ether oxygens (including phenoxy) is 1. The first-order valence-electron chi connectivity index (χ1n) is 7.32. The van der Waals surface area contributed by atoms with Crippen molar-refractivity contribution in [2.24, 2.45) is 0 Å². The van der Waals surface area contributed by atoms with Crippen LogP contribution in [0.1, 0.15) is 6.92 Å². The zero-order chi connectivity index (χ0) is 18.0. The van der Waals surface area contributed by atoms with Crippen LogP contribution in [0, 0.1) is 0 Å². The van der Waals surface area contributed by atoms with Crippen LogP contribution in [0.15, 0.2) is 61.4 Å². The first-order chi connectivity index (χ1) is 11.9. The summed E-state index contributed by atoms with van der Waals surface area (Å²) in [6.45, 7) is 2.16. The molecule has 0 atom stereocenters. The summed E-state index contributed by atoms with van der Waals surface area (Å²) in [7, 11) is -3.98. The third-order valence-electron chi connectivity index (χ3n) is 3.37. The predicted octanol–water partition coefficient (Wildman–Crippen LogP) is 1.68. The third-order valence-corrected chi connectivity index (χ3v) is 4.74. The van der Waals surface area contributed by atoms with E-state index in [-0.39, 0.29) is 21.5 Å². The molecule has 0 aliphatic heterocycles. The molecule has 0 radical (unpaired) electrons. The van der Waals surface area contributed by atoms with Crippen LogP contribution in [0.25, 0.3) is 10.9 Å². The lowest BCUT2D eigenvalue weighted by molar-refractivity contribution is 0.342. The van der Waals surface area contributed by atoms with E-state index in [4.69, 9.17) is 4.74 Å².